The van der Waals surface area contributed by atoms with Crippen molar-refractivity contribution < 1.29 is 4.74 Å². The van der Waals surface area contributed by atoms with Crippen molar-refractivity contribution in [1.82, 2.24) is 9.97 Å². The van der Waals surface area contributed by atoms with E-state index in [0.29, 0.717) is 13.2 Å². The van der Waals surface area contributed by atoms with E-state index in [1.54, 1.807) is 0 Å². The molecular weight excluding hydrogens is 310 g/mol. The molecule has 0 spiro atoms. The maximum atomic E-state index is 5.66. The molecule has 0 saturated heterocycles. The Hall–Kier alpha value is -2.33. The van der Waals surface area contributed by atoms with Crippen LogP contribution in [0.5, 0.6) is 5.75 Å². The lowest BCUT2D eigenvalue weighted by Gasteiger charge is -2.13. The zero-order valence-corrected chi connectivity index (χ0v) is 14.1. The van der Waals surface area contributed by atoms with Gasteiger partial charge in [0, 0.05) is 17.5 Å². The van der Waals surface area contributed by atoms with Crippen molar-refractivity contribution in [2.24, 2.45) is 0 Å². The summed E-state index contributed by atoms with van der Waals surface area (Å²) in [6.07, 6.45) is 0. The molecule has 0 amide bonds. The van der Waals surface area contributed by atoms with E-state index in [4.69, 9.17) is 4.74 Å². The first-order chi connectivity index (χ1) is 10.8. The first kappa shape index (κ1) is 17.0. The molecule has 0 atom stereocenters. The molecule has 0 bridgehead atoms. The molecule has 0 saturated carbocycles. The molecule has 4 nitrogen and oxygen atoms in total. The highest BCUT2D eigenvalue weighted by Gasteiger charge is 2.07. The van der Waals surface area contributed by atoms with Crippen molar-refractivity contribution in [1.29, 1.82) is 0 Å². The lowest BCUT2D eigenvalue weighted by molar-refractivity contribution is 0.337. The van der Waals surface area contributed by atoms with E-state index in [9.17, 15) is 0 Å². The number of anilines is 1. The molecule has 0 aliphatic carbocycles. The van der Waals surface area contributed by atoms with Crippen molar-refractivity contribution >= 4 is 29.1 Å². The Kier molecular flexibility index (Phi) is 5.77. The summed E-state index contributed by atoms with van der Waals surface area (Å²) < 4.78 is 5.66. The molecule has 5 heteroatoms. The highest BCUT2D eigenvalue weighted by Crippen LogP contribution is 2.23. The topological polar surface area (TPSA) is 47.0 Å². The van der Waals surface area contributed by atoms with Crippen molar-refractivity contribution in [3.63, 3.8) is 0 Å². The molecule has 1 N–H and O–H groups in total. The minimum absolute atomic E-state index is 0. The molecule has 0 unspecified atom stereocenters. The number of nitrogens with zero attached hydrogens (tertiary/aromatic N) is 2. The van der Waals surface area contributed by atoms with E-state index < -0.39 is 0 Å². The second-order valence-electron chi connectivity index (χ2n) is 5.03. The predicted molar refractivity (Wildman–Crippen MR) is 96.5 cm³/mol. The van der Waals surface area contributed by atoms with Gasteiger partial charge in [0.25, 0.3) is 0 Å². The number of nitrogens with one attached hydrogen (secondary N) is 1. The summed E-state index contributed by atoms with van der Waals surface area (Å²) in [7, 11) is 0. The van der Waals surface area contributed by atoms with E-state index in [1.807, 2.05) is 56.3 Å². The minimum atomic E-state index is 0. The number of hydrogen-bond donors (Lipinski definition) is 1. The van der Waals surface area contributed by atoms with Crippen molar-refractivity contribution in [3.8, 4) is 5.75 Å². The summed E-state index contributed by atoms with van der Waals surface area (Å²) in [5.41, 5.74) is 2.07. The third-order valence-corrected chi connectivity index (χ3v) is 3.43. The first-order valence-corrected chi connectivity index (χ1v) is 7.46. The summed E-state index contributed by atoms with van der Waals surface area (Å²) in [5.74, 6) is 2.53. The Morgan fingerprint density at radius 1 is 1.00 bits per heavy atom. The zero-order chi connectivity index (χ0) is 15.4. The normalized spacial score (nSPS) is 10.2. The summed E-state index contributed by atoms with van der Waals surface area (Å²) in [6, 6.07) is 16.1. The average Bonchev–Trinajstić information content (AvgIpc) is 2.54. The SMILES string of the molecule is CCOc1ccccc1CNc1nc(C)nc2ccccc12.Cl. The maximum Gasteiger partial charge on any atom is 0.137 e. The molecule has 23 heavy (non-hydrogen) atoms. The van der Waals surface area contributed by atoms with Crippen LogP contribution in [0.15, 0.2) is 48.5 Å². The third-order valence-electron chi connectivity index (χ3n) is 3.43. The molecule has 1 heterocycles. The number of aryl methyl sites for hydroxylation is 1. The van der Waals surface area contributed by atoms with Crippen LogP contribution in [-0.2, 0) is 6.54 Å². The van der Waals surface area contributed by atoms with Gasteiger partial charge >= 0.3 is 0 Å². The lowest BCUT2D eigenvalue weighted by Crippen LogP contribution is -2.06. The standard InChI is InChI=1S/C18H19N3O.ClH/c1-3-22-17-11-7-4-8-14(17)12-19-18-15-9-5-6-10-16(15)20-13(2)21-18;/h4-11H,3,12H2,1-2H3,(H,19,20,21);1H. The van der Waals surface area contributed by atoms with Gasteiger partial charge in [-0.1, -0.05) is 30.3 Å². The van der Waals surface area contributed by atoms with Gasteiger partial charge in [-0.05, 0) is 32.0 Å². The van der Waals surface area contributed by atoms with Crippen LogP contribution >= 0.6 is 12.4 Å². The molecule has 3 rings (SSSR count). The second kappa shape index (κ2) is 7.79. The number of ether oxygens (including phenoxy) is 1. The fourth-order valence-electron chi connectivity index (χ4n) is 2.45. The lowest BCUT2D eigenvalue weighted by atomic mass is 10.2. The van der Waals surface area contributed by atoms with E-state index in [0.717, 1.165) is 33.9 Å². The van der Waals surface area contributed by atoms with Crippen molar-refractivity contribution in [2.45, 2.75) is 20.4 Å². The fraction of sp³-hybridized carbons (Fsp3) is 0.222. The Morgan fingerprint density at radius 2 is 1.74 bits per heavy atom. The predicted octanol–water partition coefficient (Wildman–Crippen LogP) is 4.37. The van der Waals surface area contributed by atoms with E-state index >= 15 is 0 Å². The Bertz CT molecular complexity index is 792. The van der Waals surface area contributed by atoms with E-state index in [1.165, 1.54) is 0 Å². The molecule has 120 valence electrons. The Labute approximate surface area is 142 Å². The zero-order valence-electron chi connectivity index (χ0n) is 13.2. The van der Waals surface area contributed by atoms with Crippen molar-refractivity contribution in [3.05, 3.63) is 59.9 Å². The van der Waals surface area contributed by atoms with Gasteiger partial charge in [0.2, 0.25) is 0 Å². The molecule has 0 aliphatic heterocycles. The summed E-state index contributed by atoms with van der Waals surface area (Å²) >= 11 is 0. The largest absolute Gasteiger partial charge is 0.494 e. The molecule has 2 aromatic carbocycles. The van der Waals surface area contributed by atoms with Gasteiger partial charge in [0.1, 0.15) is 17.4 Å². The van der Waals surface area contributed by atoms with Crippen LogP contribution in [0.4, 0.5) is 5.82 Å². The average molecular weight is 330 g/mol. The summed E-state index contributed by atoms with van der Waals surface area (Å²) in [4.78, 5) is 8.99. The van der Waals surface area contributed by atoms with Gasteiger partial charge in [-0.2, -0.15) is 0 Å². The van der Waals surface area contributed by atoms with E-state index in [-0.39, 0.29) is 12.4 Å². The highest BCUT2D eigenvalue weighted by molar-refractivity contribution is 5.88. The fourth-order valence-corrected chi connectivity index (χ4v) is 2.45. The minimum Gasteiger partial charge on any atom is -0.494 e. The number of fused-ring (bicyclic) bond motifs is 1. The van der Waals surface area contributed by atoms with Gasteiger partial charge in [-0.25, -0.2) is 9.97 Å². The van der Waals surface area contributed by atoms with Gasteiger partial charge in [-0.3, -0.25) is 0 Å². The molecule has 0 fully saturated rings. The van der Waals surface area contributed by atoms with Gasteiger partial charge in [0.05, 0.1) is 12.1 Å². The van der Waals surface area contributed by atoms with Gasteiger partial charge in [-0.15, -0.1) is 12.4 Å². The van der Waals surface area contributed by atoms with Crippen LogP contribution in [0, 0.1) is 6.92 Å². The molecular formula is C18H20ClN3O. The maximum absolute atomic E-state index is 5.66. The number of halogens is 1. The van der Waals surface area contributed by atoms with Crippen LogP contribution in [0.25, 0.3) is 10.9 Å². The van der Waals surface area contributed by atoms with Crippen LogP contribution in [0.2, 0.25) is 0 Å². The van der Waals surface area contributed by atoms with Crippen LogP contribution in [-0.4, -0.2) is 16.6 Å². The van der Waals surface area contributed by atoms with Crippen LogP contribution in [0.3, 0.4) is 0 Å². The highest BCUT2D eigenvalue weighted by atomic mass is 35.5. The first-order valence-electron chi connectivity index (χ1n) is 7.46. The van der Waals surface area contributed by atoms with Gasteiger partial charge in [0.15, 0.2) is 0 Å². The van der Waals surface area contributed by atoms with Crippen LogP contribution in [0.1, 0.15) is 18.3 Å². The Balaban J connectivity index is 0.00000192. The van der Waals surface area contributed by atoms with Crippen molar-refractivity contribution in [2.75, 3.05) is 11.9 Å². The number of rotatable bonds is 5. The number of hydrogen-bond acceptors (Lipinski definition) is 4. The molecule has 1 aromatic heterocycles. The smallest absolute Gasteiger partial charge is 0.137 e. The second-order valence-corrected chi connectivity index (χ2v) is 5.03. The van der Waals surface area contributed by atoms with E-state index in [2.05, 4.69) is 21.4 Å². The monoisotopic (exact) mass is 329 g/mol. The molecule has 0 aliphatic rings. The van der Waals surface area contributed by atoms with Crippen LogP contribution < -0.4 is 10.1 Å². The third kappa shape index (κ3) is 3.90. The van der Waals surface area contributed by atoms with Gasteiger partial charge < -0.3 is 10.1 Å². The number of benzene rings is 2. The molecule has 0 radical (unpaired) electrons. The summed E-state index contributed by atoms with van der Waals surface area (Å²) in [6.45, 7) is 5.22. The molecule has 3 aromatic rings. The quantitative estimate of drug-likeness (QED) is 0.755. The summed E-state index contributed by atoms with van der Waals surface area (Å²) in [5, 5.41) is 4.44. The number of aromatic nitrogens is 2. The number of para-hydroxylation sites is 2. The Morgan fingerprint density at radius 3 is 2.57 bits per heavy atom.